The number of rotatable bonds is 3. The molecule has 0 aliphatic heterocycles. The zero-order valence-electron chi connectivity index (χ0n) is 7.08. The van der Waals surface area contributed by atoms with Gasteiger partial charge >= 0.3 is 0 Å². The molecule has 1 nitrogen and oxygen atoms in total. The third kappa shape index (κ3) is 2.31. The van der Waals surface area contributed by atoms with Crippen LogP contribution >= 0.6 is 12.2 Å². The van der Waals surface area contributed by atoms with E-state index in [1.807, 2.05) is 24.3 Å². The molecule has 0 fully saturated rings. The summed E-state index contributed by atoms with van der Waals surface area (Å²) >= 11 is 4.63. The van der Waals surface area contributed by atoms with Crippen molar-refractivity contribution in [1.29, 1.82) is 0 Å². The van der Waals surface area contributed by atoms with Gasteiger partial charge in [-0.2, -0.15) is 0 Å². The normalized spacial score (nSPS) is 9.75. The van der Waals surface area contributed by atoms with E-state index in [2.05, 4.69) is 19.1 Å². The lowest BCUT2D eigenvalue weighted by atomic mass is 10.1. The highest BCUT2D eigenvalue weighted by atomic mass is 32.1. The predicted octanol–water partition coefficient (Wildman–Crippen LogP) is 2.87. The summed E-state index contributed by atoms with van der Waals surface area (Å²) in [4.78, 5) is 0. The summed E-state index contributed by atoms with van der Waals surface area (Å²) in [6, 6.07) is 7.71. The van der Waals surface area contributed by atoms with Crippen molar-refractivity contribution < 1.29 is 5.11 Å². The predicted molar refractivity (Wildman–Crippen MR) is 54.8 cm³/mol. The molecule has 1 rings (SSSR count). The van der Waals surface area contributed by atoms with Crippen LogP contribution in [0.5, 0.6) is 0 Å². The van der Waals surface area contributed by atoms with E-state index in [0.717, 1.165) is 18.4 Å². The molecule has 0 bridgehead atoms. The van der Waals surface area contributed by atoms with E-state index in [9.17, 15) is 0 Å². The minimum atomic E-state index is -0.0296. The summed E-state index contributed by atoms with van der Waals surface area (Å²) in [5.41, 5.74) is 2.02. The Hall–Kier alpha value is -0.890. The van der Waals surface area contributed by atoms with Crippen molar-refractivity contribution in [2.45, 2.75) is 19.8 Å². The molecule has 0 saturated carbocycles. The Morgan fingerprint density at radius 2 is 1.92 bits per heavy atom. The molecule has 0 spiro atoms. The molecule has 0 radical (unpaired) electrons. The van der Waals surface area contributed by atoms with Gasteiger partial charge in [0.2, 0.25) is 0 Å². The second kappa shape index (κ2) is 4.21. The van der Waals surface area contributed by atoms with Crippen molar-refractivity contribution in [2.75, 3.05) is 0 Å². The van der Waals surface area contributed by atoms with Gasteiger partial charge in [0.1, 0.15) is 0 Å². The molecule has 0 aliphatic carbocycles. The Balaban J connectivity index is 2.78. The summed E-state index contributed by atoms with van der Waals surface area (Å²) in [6.45, 7) is 2.14. The monoisotopic (exact) mass is 180 g/mol. The first-order valence-electron chi connectivity index (χ1n) is 4.06. The van der Waals surface area contributed by atoms with Crippen molar-refractivity contribution >= 4 is 17.3 Å². The fourth-order valence-electron chi connectivity index (χ4n) is 1.10. The lowest BCUT2D eigenvalue weighted by Crippen LogP contribution is -1.94. The molecule has 12 heavy (non-hydrogen) atoms. The van der Waals surface area contributed by atoms with E-state index < -0.39 is 0 Å². The Morgan fingerprint density at radius 1 is 1.33 bits per heavy atom. The van der Waals surface area contributed by atoms with Crippen molar-refractivity contribution in [3.8, 4) is 0 Å². The van der Waals surface area contributed by atoms with E-state index >= 15 is 0 Å². The summed E-state index contributed by atoms with van der Waals surface area (Å²) in [6.07, 6.45) is 2.22. The maximum atomic E-state index is 8.98. The molecule has 1 N–H and O–H groups in total. The van der Waals surface area contributed by atoms with Gasteiger partial charge in [-0.1, -0.05) is 37.6 Å². The van der Waals surface area contributed by atoms with Crippen molar-refractivity contribution in [3.63, 3.8) is 0 Å². The number of hydrogen-bond acceptors (Lipinski definition) is 1. The number of aliphatic hydroxyl groups excluding tert-OH is 1. The first-order chi connectivity index (χ1) is 5.74. The number of aliphatic hydroxyl groups is 1. The minimum Gasteiger partial charge on any atom is -0.499 e. The lowest BCUT2D eigenvalue weighted by Gasteiger charge is -1.99. The van der Waals surface area contributed by atoms with Crippen LogP contribution in [-0.2, 0) is 6.42 Å². The zero-order valence-corrected chi connectivity index (χ0v) is 7.90. The van der Waals surface area contributed by atoms with E-state index in [0.29, 0.717) is 0 Å². The number of thiocarbonyl (C=S) groups is 1. The van der Waals surface area contributed by atoms with Gasteiger partial charge in [0, 0.05) is 5.56 Å². The Bertz CT molecular complexity index is 264. The van der Waals surface area contributed by atoms with Gasteiger partial charge in [-0.25, -0.2) is 0 Å². The van der Waals surface area contributed by atoms with Crippen LogP contribution in [0.15, 0.2) is 24.3 Å². The standard InChI is InChI=1S/C10H12OS/c1-2-3-8-4-6-9(7-5-8)10(11)12/h4-7H,2-3H2,1H3,(H,11,12). The van der Waals surface area contributed by atoms with Gasteiger partial charge < -0.3 is 5.11 Å². The molecule has 1 aromatic carbocycles. The van der Waals surface area contributed by atoms with Gasteiger partial charge in [-0.05, 0) is 24.2 Å². The molecular formula is C10H12OS. The Morgan fingerprint density at radius 3 is 2.33 bits per heavy atom. The maximum Gasteiger partial charge on any atom is 0.188 e. The maximum absolute atomic E-state index is 8.98. The topological polar surface area (TPSA) is 20.2 Å². The number of benzene rings is 1. The average Bonchev–Trinajstić information content (AvgIpc) is 2.06. The molecule has 64 valence electrons. The van der Waals surface area contributed by atoms with Crippen LogP contribution in [0.4, 0.5) is 0 Å². The molecule has 2 heteroatoms. The van der Waals surface area contributed by atoms with Gasteiger partial charge in [-0.15, -0.1) is 0 Å². The molecule has 0 amide bonds. The SMILES string of the molecule is CCCc1ccc(C(O)=S)cc1. The fourth-order valence-corrected chi connectivity index (χ4v) is 1.24. The molecule has 1 aromatic rings. The van der Waals surface area contributed by atoms with Crippen molar-refractivity contribution in [3.05, 3.63) is 35.4 Å². The number of aryl methyl sites for hydroxylation is 1. The molecular weight excluding hydrogens is 168 g/mol. The molecule has 0 heterocycles. The zero-order chi connectivity index (χ0) is 8.97. The highest BCUT2D eigenvalue weighted by Gasteiger charge is 1.96. The Labute approximate surface area is 78.0 Å². The van der Waals surface area contributed by atoms with E-state index in [4.69, 9.17) is 5.11 Å². The van der Waals surface area contributed by atoms with Crippen LogP contribution in [0, 0.1) is 0 Å². The summed E-state index contributed by atoms with van der Waals surface area (Å²) in [7, 11) is 0. The minimum absolute atomic E-state index is 0.0296. The van der Waals surface area contributed by atoms with E-state index in [1.54, 1.807) is 0 Å². The molecule has 0 aliphatic rings. The van der Waals surface area contributed by atoms with Crippen LogP contribution in [0.3, 0.4) is 0 Å². The van der Waals surface area contributed by atoms with Crippen molar-refractivity contribution in [1.82, 2.24) is 0 Å². The molecule has 0 atom stereocenters. The summed E-state index contributed by atoms with van der Waals surface area (Å²) < 4.78 is 0. The van der Waals surface area contributed by atoms with Gasteiger partial charge in [0.15, 0.2) is 5.05 Å². The van der Waals surface area contributed by atoms with Crippen LogP contribution < -0.4 is 0 Å². The van der Waals surface area contributed by atoms with Crippen LogP contribution in [-0.4, -0.2) is 10.2 Å². The van der Waals surface area contributed by atoms with Crippen LogP contribution in [0.2, 0.25) is 0 Å². The molecule has 0 saturated heterocycles. The van der Waals surface area contributed by atoms with E-state index in [1.165, 1.54) is 5.56 Å². The smallest absolute Gasteiger partial charge is 0.188 e. The first kappa shape index (κ1) is 9.20. The van der Waals surface area contributed by atoms with Gasteiger partial charge in [0.05, 0.1) is 0 Å². The third-order valence-corrected chi connectivity index (χ3v) is 1.98. The summed E-state index contributed by atoms with van der Waals surface area (Å²) in [5.74, 6) is 0. The molecule has 0 aromatic heterocycles. The van der Waals surface area contributed by atoms with Gasteiger partial charge in [0.25, 0.3) is 0 Å². The van der Waals surface area contributed by atoms with Crippen LogP contribution in [0.25, 0.3) is 0 Å². The second-order valence-electron chi connectivity index (χ2n) is 2.75. The largest absolute Gasteiger partial charge is 0.499 e. The highest BCUT2D eigenvalue weighted by molar-refractivity contribution is 7.80. The third-order valence-electron chi connectivity index (χ3n) is 1.74. The molecule has 0 unspecified atom stereocenters. The Kier molecular flexibility index (Phi) is 3.23. The first-order valence-corrected chi connectivity index (χ1v) is 4.47. The number of hydrogen-bond donors (Lipinski definition) is 1. The fraction of sp³-hybridized carbons (Fsp3) is 0.300. The van der Waals surface area contributed by atoms with Crippen molar-refractivity contribution in [2.24, 2.45) is 0 Å². The van der Waals surface area contributed by atoms with Crippen LogP contribution in [0.1, 0.15) is 24.5 Å². The quantitative estimate of drug-likeness (QED) is 0.722. The average molecular weight is 180 g/mol. The summed E-state index contributed by atoms with van der Waals surface area (Å²) in [5, 5.41) is 8.95. The van der Waals surface area contributed by atoms with Gasteiger partial charge in [-0.3, -0.25) is 0 Å². The lowest BCUT2D eigenvalue weighted by molar-refractivity contribution is 0.571. The second-order valence-corrected chi connectivity index (χ2v) is 3.14. The highest BCUT2D eigenvalue weighted by Crippen LogP contribution is 2.06. The van der Waals surface area contributed by atoms with E-state index in [-0.39, 0.29) is 5.05 Å².